The number of aryl methyl sites for hydroxylation is 1. The molecule has 0 spiro atoms. The van der Waals surface area contributed by atoms with E-state index < -0.39 is 5.91 Å². The summed E-state index contributed by atoms with van der Waals surface area (Å²) >= 11 is 6.15. The summed E-state index contributed by atoms with van der Waals surface area (Å²) in [5.41, 5.74) is 6.95. The second-order valence-corrected chi connectivity index (χ2v) is 6.36. The van der Waals surface area contributed by atoms with Crippen molar-refractivity contribution >= 4 is 23.4 Å². The minimum atomic E-state index is -0.452. The Morgan fingerprint density at radius 1 is 1.12 bits per heavy atom. The van der Waals surface area contributed by atoms with E-state index >= 15 is 0 Å². The van der Waals surface area contributed by atoms with Crippen LogP contribution in [0.5, 0.6) is 5.75 Å². The number of carbonyl (C=O) groups excluding carboxylic acids is 2. The summed E-state index contributed by atoms with van der Waals surface area (Å²) in [5, 5.41) is 0.663. The molecule has 2 amide bonds. The van der Waals surface area contributed by atoms with E-state index in [1.807, 2.05) is 39.0 Å². The van der Waals surface area contributed by atoms with E-state index in [1.54, 1.807) is 24.3 Å². The summed E-state index contributed by atoms with van der Waals surface area (Å²) in [7, 11) is 0. The van der Waals surface area contributed by atoms with Gasteiger partial charge in [-0.25, -0.2) is 0 Å². The van der Waals surface area contributed by atoms with E-state index in [1.165, 1.54) is 0 Å². The Labute approximate surface area is 152 Å². The van der Waals surface area contributed by atoms with Crippen molar-refractivity contribution in [2.24, 2.45) is 0 Å². The smallest absolute Gasteiger partial charge is 0.276 e. The topological polar surface area (TPSA) is 67.4 Å². The molecule has 0 heterocycles. The van der Waals surface area contributed by atoms with E-state index in [2.05, 4.69) is 10.9 Å². The number of hydrogen-bond donors (Lipinski definition) is 2. The van der Waals surface area contributed by atoms with Gasteiger partial charge in [0.05, 0.1) is 0 Å². The molecule has 25 heavy (non-hydrogen) atoms. The molecule has 2 N–H and O–H groups in total. The van der Waals surface area contributed by atoms with Gasteiger partial charge >= 0.3 is 0 Å². The zero-order valence-corrected chi connectivity index (χ0v) is 15.2. The van der Waals surface area contributed by atoms with Crippen LogP contribution in [0.15, 0.2) is 42.5 Å². The van der Waals surface area contributed by atoms with Crippen LogP contribution < -0.4 is 15.6 Å². The zero-order chi connectivity index (χ0) is 18.4. The van der Waals surface area contributed by atoms with Gasteiger partial charge in [0.2, 0.25) is 0 Å². The fourth-order valence-corrected chi connectivity index (χ4v) is 2.39. The second kappa shape index (κ2) is 8.53. The first-order valence-corrected chi connectivity index (χ1v) is 8.33. The average Bonchev–Trinajstić information content (AvgIpc) is 2.60. The molecule has 0 unspecified atom stereocenters. The Balaban J connectivity index is 1.92. The van der Waals surface area contributed by atoms with Crippen molar-refractivity contribution in [1.29, 1.82) is 0 Å². The molecule has 0 bridgehead atoms. The van der Waals surface area contributed by atoms with Gasteiger partial charge < -0.3 is 4.74 Å². The Morgan fingerprint density at radius 3 is 2.44 bits per heavy atom. The van der Waals surface area contributed by atoms with E-state index in [0.717, 1.165) is 11.1 Å². The number of nitrogens with one attached hydrogen (secondary N) is 2. The number of amides is 2. The van der Waals surface area contributed by atoms with Gasteiger partial charge in [-0.05, 0) is 48.2 Å². The van der Waals surface area contributed by atoms with Gasteiger partial charge in [-0.2, -0.15) is 0 Å². The molecule has 0 saturated heterocycles. The van der Waals surface area contributed by atoms with Gasteiger partial charge in [0, 0.05) is 10.6 Å². The van der Waals surface area contributed by atoms with Crippen LogP contribution in [0.25, 0.3) is 0 Å². The van der Waals surface area contributed by atoms with Crippen molar-refractivity contribution in [2.45, 2.75) is 26.7 Å². The molecule has 0 aromatic heterocycles. The van der Waals surface area contributed by atoms with Crippen LogP contribution in [-0.2, 0) is 4.79 Å². The minimum Gasteiger partial charge on any atom is -0.483 e. The van der Waals surface area contributed by atoms with Gasteiger partial charge in [0.15, 0.2) is 6.61 Å². The summed E-state index contributed by atoms with van der Waals surface area (Å²) in [6.45, 7) is 5.71. The lowest BCUT2D eigenvalue weighted by Crippen LogP contribution is -2.43. The molecule has 2 rings (SSSR count). The first-order valence-electron chi connectivity index (χ1n) is 7.95. The van der Waals surface area contributed by atoms with Crippen LogP contribution in [0, 0.1) is 6.92 Å². The van der Waals surface area contributed by atoms with E-state index in [4.69, 9.17) is 16.3 Å². The normalized spacial score (nSPS) is 10.4. The summed E-state index contributed by atoms with van der Waals surface area (Å²) in [5.74, 6) is -0.0267. The number of rotatable bonds is 5. The van der Waals surface area contributed by atoms with Gasteiger partial charge in [0.1, 0.15) is 5.75 Å². The van der Waals surface area contributed by atoms with Crippen molar-refractivity contribution in [3.8, 4) is 5.75 Å². The van der Waals surface area contributed by atoms with Crippen LogP contribution in [0.1, 0.15) is 41.3 Å². The Morgan fingerprint density at radius 2 is 1.80 bits per heavy atom. The van der Waals surface area contributed by atoms with Crippen molar-refractivity contribution in [3.05, 3.63) is 64.2 Å². The van der Waals surface area contributed by atoms with Crippen LogP contribution in [0.4, 0.5) is 0 Å². The molecular formula is C19H21ClN2O3. The standard InChI is InChI=1S/C19H21ClN2O3/c1-12(2)15-10-16(20)13(3)9-17(15)25-11-18(23)21-22-19(24)14-7-5-4-6-8-14/h4-10,12H,11H2,1-3H3,(H,21,23)(H,22,24). The first kappa shape index (κ1) is 18.8. The highest BCUT2D eigenvalue weighted by Gasteiger charge is 2.13. The second-order valence-electron chi connectivity index (χ2n) is 5.95. The third-order valence-corrected chi connectivity index (χ3v) is 4.03. The molecule has 0 saturated carbocycles. The van der Waals surface area contributed by atoms with Crippen LogP contribution in [0.2, 0.25) is 5.02 Å². The molecule has 0 atom stereocenters. The Kier molecular flexibility index (Phi) is 6.42. The molecule has 0 fully saturated rings. The summed E-state index contributed by atoms with van der Waals surface area (Å²) < 4.78 is 5.61. The monoisotopic (exact) mass is 360 g/mol. The van der Waals surface area contributed by atoms with Crippen molar-refractivity contribution in [3.63, 3.8) is 0 Å². The molecule has 2 aromatic carbocycles. The maximum Gasteiger partial charge on any atom is 0.276 e. The van der Waals surface area contributed by atoms with Crippen LogP contribution in [-0.4, -0.2) is 18.4 Å². The van der Waals surface area contributed by atoms with Crippen LogP contribution >= 0.6 is 11.6 Å². The van der Waals surface area contributed by atoms with Gasteiger partial charge in [0.25, 0.3) is 11.8 Å². The number of halogens is 1. The first-order chi connectivity index (χ1) is 11.9. The highest BCUT2D eigenvalue weighted by Crippen LogP contribution is 2.31. The summed E-state index contributed by atoms with van der Waals surface area (Å²) in [4.78, 5) is 23.8. The Bertz CT molecular complexity index is 761. The predicted octanol–water partition coefficient (Wildman–Crippen LogP) is 3.61. The molecule has 132 valence electrons. The highest BCUT2D eigenvalue weighted by atomic mass is 35.5. The number of carbonyl (C=O) groups is 2. The predicted molar refractivity (Wildman–Crippen MR) is 97.8 cm³/mol. The SMILES string of the molecule is Cc1cc(OCC(=O)NNC(=O)c2ccccc2)c(C(C)C)cc1Cl. The quantitative estimate of drug-likeness (QED) is 0.800. The van der Waals surface area contributed by atoms with Crippen LogP contribution in [0.3, 0.4) is 0 Å². The van der Waals surface area contributed by atoms with Gasteiger partial charge in [-0.3, -0.25) is 20.4 Å². The maximum absolute atomic E-state index is 11.9. The van der Waals surface area contributed by atoms with Crippen molar-refractivity contribution in [2.75, 3.05) is 6.61 Å². The van der Waals surface area contributed by atoms with E-state index in [-0.39, 0.29) is 18.4 Å². The van der Waals surface area contributed by atoms with E-state index in [9.17, 15) is 9.59 Å². The van der Waals surface area contributed by atoms with Gasteiger partial charge in [-0.1, -0.05) is 43.6 Å². The third-order valence-electron chi connectivity index (χ3n) is 3.62. The molecule has 0 aliphatic heterocycles. The summed E-state index contributed by atoms with van der Waals surface area (Å²) in [6.07, 6.45) is 0. The number of ether oxygens (including phenoxy) is 1. The largest absolute Gasteiger partial charge is 0.483 e. The lowest BCUT2D eigenvalue weighted by Gasteiger charge is -2.16. The minimum absolute atomic E-state index is 0.203. The van der Waals surface area contributed by atoms with Crippen molar-refractivity contribution in [1.82, 2.24) is 10.9 Å². The van der Waals surface area contributed by atoms with Gasteiger partial charge in [-0.15, -0.1) is 0 Å². The lowest BCUT2D eigenvalue weighted by molar-refractivity contribution is -0.123. The molecule has 2 aromatic rings. The number of hydrazine groups is 1. The third kappa shape index (κ3) is 5.22. The molecule has 0 radical (unpaired) electrons. The molecule has 0 aliphatic rings. The lowest BCUT2D eigenvalue weighted by atomic mass is 10.0. The van der Waals surface area contributed by atoms with E-state index in [0.29, 0.717) is 16.3 Å². The summed E-state index contributed by atoms with van der Waals surface area (Å²) in [6, 6.07) is 12.3. The fraction of sp³-hybridized carbons (Fsp3) is 0.263. The molecular weight excluding hydrogens is 340 g/mol. The average molecular weight is 361 g/mol. The highest BCUT2D eigenvalue weighted by molar-refractivity contribution is 6.31. The maximum atomic E-state index is 11.9. The Hall–Kier alpha value is -2.53. The molecule has 6 heteroatoms. The molecule has 5 nitrogen and oxygen atoms in total. The fourth-order valence-electron chi connectivity index (χ4n) is 2.21. The molecule has 0 aliphatic carbocycles. The zero-order valence-electron chi connectivity index (χ0n) is 14.4. The number of hydrogen-bond acceptors (Lipinski definition) is 3. The number of benzene rings is 2. The van der Waals surface area contributed by atoms with Crippen molar-refractivity contribution < 1.29 is 14.3 Å².